The zero-order valence-corrected chi connectivity index (χ0v) is 27.4. The number of fused-ring (bicyclic) bond motifs is 2. The standard InChI is InChI=1S/C35H34Cl2N4O6/c1-3-45-34(42)39-25-20-23(22-46-35(43)47-27-13-11-26(12-14-27)41(17-15-36)18-16-37)19-24(21-25)38-32-28-7-4-5-9-30(28)40-33-29(32)8-6-10-31(33)44-2/h4-14,19-21H,3,15-18,22H2,1-2H3,(H,38,40)(H,39,42). The fraction of sp³-hybridized carbons (Fsp3) is 0.229. The first-order valence-corrected chi connectivity index (χ1v) is 16.0. The van der Waals surface area contributed by atoms with E-state index in [1.807, 2.05) is 65.6 Å². The van der Waals surface area contributed by atoms with Crippen molar-refractivity contribution in [1.82, 2.24) is 4.98 Å². The average molecular weight is 678 g/mol. The van der Waals surface area contributed by atoms with Gasteiger partial charge in [0.25, 0.3) is 0 Å². The summed E-state index contributed by atoms with van der Waals surface area (Å²) < 4.78 is 21.6. The number of methoxy groups -OCH3 is 1. The van der Waals surface area contributed by atoms with Crippen molar-refractivity contribution >= 4 is 80.0 Å². The van der Waals surface area contributed by atoms with E-state index in [1.54, 1.807) is 38.3 Å². The van der Waals surface area contributed by atoms with E-state index >= 15 is 0 Å². The first kappa shape index (κ1) is 33.4. The maximum absolute atomic E-state index is 12.7. The molecule has 0 saturated heterocycles. The number of carbonyl (C=O) groups excluding carboxylic acids is 2. The van der Waals surface area contributed by atoms with Gasteiger partial charge < -0.3 is 29.2 Å². The second-order valence-electron chi connectivity index (χ2n) is 10.2. The fourth-order valence-electron chi connectivity index (χ4n) is 5.10. The number of aromatic nitrogens is 1. The predicted octanol–water partition coefficient (Wildman–Crippen LogP) is 8.71. The quantitative estimate of drug-likeness (QED) is 0.0547. The van der Waals surface area contributed by atoms with E-state index in [-0.39, 0.29) is 13.2 Å². The Morgan fingerprint density at radius 3 is 2.30 bits per heavy atom. The number of hydrogen-bond acceptors (Lipinski definition) is 9. The van der Waals surface area contributed by atoms with E-state index in [1.165, 1.54) is 0 Å². The Hall–Kier alpha value is -4.93. The molecule has 0 saturated carbocycles. The highest BCUT2D eigenvalue weighted by Crippen LogP contribution is 2.37. The molecular weight excluding hydrogens is 643 g/mol. The molecule has 12 heteroatoms. The first-order chi connectivity index (χ1) is 22.9. The molecule has 1 aromatic heterocycles. The molecule has 1 heterocycles. The molecule has 0 unspecified atom stereocenters. The summed E-state index contributed by atoms with van der Waals surface area (Å²) in [6.45, 7) is 3.08. The highest BCUT2D eigenvalue weighted by atomic mass is 35.5. The van der Waals surface area contributed by atoms with Crippen LogP contribution in [0.15, 0.2) is 84.9 Å². The van der Waals surface area contributed by atoms with Crippen molar-refractivity contribution < 1.29 is 28.5 Å². The predicted molar refractivity (Wildman–Crippen MR) is 187 cm³/mol. The van der Waals surface area contributed by atoms with E-state index in [2.05, 4.69) is 10.6 Å². The molecule has 0 atom stereocenters. The van der Waals surface area contributed by atoms with Crippen molar-refractivity contribution in [2.75, 3.05) is 54.1 Å². The topological polar surface area (TPSA) is 111 Å². The lowest BCUT2D eigenvalue weighted by atomic mass is 10.1. The number of alkyl halides is 2. The lowest BCUT2D eigenvalue weighted by Gasteiger charge is -2.22. The van der Waals surface area contributed by atoms with Gasteiger partial charge >= 0.3 is 12.2 Å². The summed E-state index contributed by atoms with van der Waals surface area (Å²) in [5.74, 6) is 1.88. The molecule has 244 valence electrons. The van der Waals surface area contributed by atoms with Gasteiger partial charge in [-0.1, -0.05) is 30.3 Å². The number of rotatable bonds is 13. The number of hydrogen-bond donors (Lipinski definition) is 2. The van der Waals surface area contributed by atoms with Gasteiger partial charge in [0.2, 0.25) is 0 Å². The summed E-state index contributed by atoms with van der Waals surface area (Å²) >= 11 is 11.8. The van der Waals surface area contributed by atoms with Crippen molar-refractivity contribution in [1.29, 1.82) is 0 Å². The number of nitrogens with one attached hydrogen (secondary N) is 2. The maximum Gasteiger partial charge on any atom is 0.514 e. The van der Waals surface area contributed by atoms with Crippen molar-refractivity contribution in [2.24, 2.45) is 0 Å². The Morgan fingerprint density at radius 2 is 1.57 bits per heavy atom. The minimum Gasteiger partial charge on any atom is -0.494 e. The van der Waals surface area contributed by atoms with E-state index in [9.17, 15) is 9.59 Å². The molecule has 0 aliphatic heterocycles. The zero-order valence-electron chi connectivity index (χ0n) is 25.9. The number of anilines is 4. The molecule has 5 aromatic rings. The zero-order chi connectivity index (χ0) is 33.2. The molecular formula is C35H34Cl2N4O6. The van der Waals surface area contributed by atoms with Gasteiger partial charge in [0.15, 0.2) is 0 Å². The van der Waals surface area contributed by atoms with Gasteiger partial charge in [-0.05, 0) is 67.1 Å². The number of carbonyl (C=O) groups is 2. The van der Waals surface area contributed by atoms with E-state index in [0.717, 1.165) is 27.7 Å². The van der Waals surface area contributed by atoms with Crippen LogP contribution in [0, 0.1) is 0 Å². The molecule has 0 aliphatic carbocycles. The third-order valence-corrected chi connectivity index (χ3v) is 7.48. The molecule has 10 nitrogen and oxygen atoms in total. The van der Waals surface area contributed by atoms with Gasteiger partial charge in [-0.25, -0.2) is 14.6 Å². The van der Waals surface area contributed by atoms with E-state index in [4.69, 9.17) is 47.1 Å². The Balaban J connectivity index is 1.39. The number of para-hydroxylation sites is 2. The third kappa shape index (κ3) is 8.46. The van der Waals surface area contributed by atoms with Crippen molar-refractivity contribution in [3.63, 3.8) is 0 Å². The van der Waals surface area contributed by atoms with Crippen LogP contribution in [-0.4, -0.2) is 55.8 Å². The van der Waals surface area contributed by atoms with Crippen LogP contribution in [0.3, 0.4) is 0 Å². The molecule has 47 heavy (non-hydrogen) atoms. The SMILES string of the molecule is CCOC(=O)Nc1cc(COC(=O)Oc2ccc(N(CCCl)CCCl)cc2)cc(Nc2c3ccccc3nc3c(OC)cccc23)c1. The maximum atomic E-state index is 12.7. The number of halogens is 2. The van der Waals surface area contributed by atoms with Crippen LogP contribution in [0.1, 0.15) is 12.5 Å². The molecule has 0 spiro atoms. The summed E-state index contributed by atoms with van der Waals surface area (Å²) in [6.07, 6.45) is -1.49. The van der Waals surface area contributed by atoms with E-state index < -0.39 is 12.2 Å². The highest BCUT2D eigenvalue weighted by Gasteiger charge is 2.15. The van der Waals surface area contributed by atoms with Gasteiger partial charge in [-0.2, -0.15) is 0 Å². The summed E-state index contributed by atoms with van der Waals surface area (Å²) in [5, 5.41) is 7.97. The number of amides is 1. The van der Waals surface area contributed by atoms with E-state index in [0.29, 0.717) is 58.8 Å². The number of pyridine rings is 1. The van der Waals surface area contributed by atoms with Crippen LogP contribution in [0.4, 0.5) is 32.3 Å². The smallest absolute Gasteiger partial charge is 0.494 e. The molecule has 4 aromatic carbocycles. The minimum absolute atomic E-state index is 0.130. The largest absolute Gasteiger partial charge is 0.514 e. The number of ether oxygens (including phenoxy) is 4. The summed E-state index contributed by atoms with van der Waals surface area (Å²) in [6, 6.07) is 25.8. The van der Waals surface area contributed by atoms with Crippen molar-refractivity contribution in [3.8, 4) is 11.5 Å². The van der Waals surface area contributed by atoms with Crippen molar-refractivity contribution in [2.45, 2.75) is 13.5 Å². The lowest BCUT2D eigenvalue weighted by Crippen LogP contribution is -2.27. The van der Waals surface area contributed by atoms with Gasteiger partial charge in [0.05, 0.1) is 24.9 Å². The normalized spacial score (nSPS) is 10.8. The summed E-state index contributed by atoms with van der Waals surface area (Å²) in [7, 11) is 1.61. The van der Waals surface area contributed by atoms with Crippen LogP contribution in [0.25, 0.3) is 21.8 Å². The fourth-order valence-corrected chi connectivity index (χ4v) is 5.51. The molecule has 5 rings (SSSR count). The van der Waals surface area contributed by atoms with Gasteiger partial charge in [0, 0.05) is 52.7 Å². The molecule has 0 bridgehead atoms. The molecule has 0 radical (unpaired) electrons. The monoisotopic (exact) mass is 676 g/mol. The Morgan fingerprint density at radius 1 is 0.851 bits per heavy atom. The van der Waals surface area contributed by atoms with Gasteiger partial charge in [0.1, 0.15) is 23.6 Å². The van der Waals surface area contributed by atoms with Gasteiger partial charge in [-0.3, -0.25) is 5.32 Å². The molecule has 2 N–H and O–H groups in total. The van der Waals surface area contributed by atoms with Crippen LogP contribution >= 0.6 is 23.2 Å². The van der Waals surface area contributed by atoms with Crippen molar-refractivity contribution in [3.05, 3.63) is 90.5 Å². The highest BCUT2D eigenvalue weighted by molar-refractivity contribution is 6.18. The Labute approximate surface area is 282 Å². The second kappa shape index (κ2) is 16.1. The number of benzene rings is 4. The first-order valence-electron chi connectivity index (χ1n) is 14.9. The van der Waals surface area contributed by atoms with Crippen LogP contribution in [-0.2, 0) is 16.1 Å². The third-order valence-electron chi connectivity index (χ3n) is 7.15. The summed E-state index contributed by atoms with van der Waals surface area (Å²) in [5.41, 5.74) is 4.83. The lowest BCUT2D eigenvalue weighted by molar-refractivity contribution is 0.0927. The summed E-state index contributed by atoms with van der Waals surface area (Å²) in [4.78, 5) is 31.9. The molecule has 0 aliphatic rings. The Kier molecular flexibility index (Phi) is 11.4. The molecule has 0 fully saturated rings. The average Bonchev–Trinajstić information content (AvgIpc) is 3.07. The Bertz CT molecular complexity index is 1850. The van der Waals surface area contributed by atoms with Crippen LogP contribution in [0.5, 0.6) is 11.5 Å². The number of nitrogens with zero attached hydrogens (tertiary/aromatic N) is 2. The molecule has 1 amide bonds. The van der Waals surface area contributed by atoms with Gasteiger partial charge in [-0.15, -0.1) is 23.2 Å². The van der Waals surface area contributed by atoms with Crippen LogP contribution in [0.2, 0.25) is 0 Å². The minimum atomic E-state index is -0.882. The van der Waals surface area contributed by atoms with Crippen LogP contribution < -0.4 is 25.0 Å². The second-order valence-corrected chi connectivity index (χ2v) is 11.0.